The first-order valence-electron chi connectivity index (χ1n) is 2.91. The molecule has 9 heavy (non-hydrogen) atoms. The predicted octanol–water partition coefficient (Wildman–Crippen LogP) is -1.14. The van der Waals surface area contributed by atoms with Crippen LogP contribution in [0.25, 0.3) is 0 Å². The van der Waals surface area contributed by atoms with E-state index in [1.165, 1.54) is 0 Å². The fraction of sp³-hybridized carbons (Fsp3) is 1.00. The molecule has 0 bridgehead atoms. The lowest BCUT2D eigenvalue weighted by molar-refractivity contribution is 0.236. The Morgan fingerprint density at radius 1 is 1.44 bits per heavy atom. The summed E-state index contributed by atoms with van der Waals surface area (Å²) in [6, 6.07) is 0.0143. The highest BCUT2D eigenvalue weighted by molar-refractivity contribution is 7.80. The monoisotopic (exact) mass is 151 g/mol. The van der Waals surface area contributed by atoms with Gasteiger partial charge < -0.3 is 15.5 Å². The summed E-state index contributed by atoms with van der Waals surface area (Å²) in [5.74, 6) is 0.594. The van der Waals surface area contributed by atoms with Gasteiger partial charge in [-0.05, 0) is 0 Å². The highest BCUT2D eigenvalue weighted by Gasteiger charge is 2.00. The van der Waals surface area contributed by atoms with Crippen LogP contribution in [0, 0.1) is 0 Å². The van der Waals surface area contributed by atoms with Crippen molar-refractivity contribution in [3.63, 3.8) is 0 Å². The van der Waals surface area contributed by atoms with Gasteiger partial charge in [-0.1, -0.05) is 0 Å². The third kappa shape index (κ3) is 4.72. The predicted molar refractivity (Wildman–Crippen MR) is 39.8 cm³/mol. The maximum atomic E-state index is 8.56. The molecule has 0 rings (SSSR count). The smallest absolute Gasteiger partial charge is 0.0592 e. The molecule has 0 saturated heterocycles. The van der Waals surface area contributed by atoms with Gasteiger partial charge in [0.05, 0.1) is 13.2 Å². The van der Waals surface area contributed by atoms with Crippen molar-refractivity contribution in [1.82, 2.24) is 5.32 Å². The summed E-state index contributed by atoms with van der Waals surface area (Å²) in [6.07, 6.45) is 0. The average molecular weight is 151 g/mol. The summed E-state index contributed by atoms with van der Waals surface area (Å²) in [5, 5.41) is 19.8. The van der Waals surface area contributed by atoms with Gasteiger partial charge in [0.1, 0.15) is 0 Å². The molecule has 0 aliphatic carbocycles. The van der Waals surface area contributed by atoms with Crippen LogP contribution in [0.1, 0.15) is 0 Å². The number of aliphatic hydroxyl groups is 2. The Labute approximate surface area is 60.5 Å². The molecule has 0 fully saturated rings. The summed E-state index contributed by atoms with van der Waals surface area (Å²) in [4.78, 5) is 0. The van der Waals surface area contributed by atoms with Crippen molar-refractivity contribution in [3.05, 3.63) is 0 Å². The van der Waals surface area contributed by atoms with Gasteiger partial charge in [-0.2, -0.15) is 12.6 Å². The van der Waals surface area contributed by atoms with Gasteiger partial charge in [-0.25, -0.2) is 0 Å². The van der Waals surface area contributed by atoms with Crippen molar-refractivity contribution in [2.24, 2.45) is 0 Å². The molecule has 1 atom stereocenters. The number of hydrogen-bond donors (Lipinski definition) is 4. The Balaban J connectivity index is 3.09. The Bertz CT molecular complexity index is 58.9. The van der Waals surface area contributed by atoms with Gasteiger partial charge >= 0.3 is 0 Å². The lowest BCUT2D eigenvalue weighted by atomic mass is 10.3. The van der Waals surface area contributed by atoms with Crippen molar-refractivity contribution in [2.45, 2.75) is 6.04 Å². The lowest BCUT2D eigenvalue weighted by Crippen LogP contribution is -2.35. The summed E-state index contributed by atoms with van der Waals surface area (Å²) in [5.41, 5.74) is 0. The van der Waals surface area contributed by atoms with Crippen molar-refractivity contribution < 1.29 is 10.2 Å². The number of rotatable bonds is 5. The van der Waals surface area contributed by atoms with E-state index in [1.807, 2.05) is 0 Å². The Morgan fingerprint density at radius 3 is 2.44 bits per heavy atom. The number of hydrogen-bond acceptors (Lipinski definition) is 4. The minimum absolute atomic E-state index is 0.0143. The van der Waals surface area contributed by atoms with E-state index in [-0.39, 0.29) is 19.3 Å². The maximum Gasteiger partial charge on any atom is 0.0592 e. The first kappa shape index (κ1) is 9.23. The van der Waals surface area contributed by atoms with Crippen LogP contribution in [-0.4, -0.2) is 41.8 Å². The SMILES string of the molecule is OCCNC(CO)CS. The van der Waals surface area contributed by atoms with E-state index in [0.29, 0.717) is 12.3 Å². The fourth-order valence-corrected chi connectivity index (χ4v) is 0.700. The molecule has 56 valence electrons. The normalized spacial score (nSPS) is 13.7. The molecule has 0 aliphatic rings. The van der Waals surface area contributed by atoms with Crippen molar-refractivity contribution in [2.75, 3.05) is 25.5 Å². The quantitative estimate of drug-likeness (QED) is 0.376. The van der Waals surface area contributed by atoms with Gasteiger partial charge in [0.25, 0.3) is 0 Å². The van der Waals surface area contributed by atoms with Crippen LogP contribution >= 0.6 is 12.6 Å². The van der Waals surface area contributed by atoms with Crippen LogP contribution in [-0.2, 0) is 0 Å². The van der Waals surface area contributed by atoms with Crippen LogP contribution in [0.5, 0.6) is 0 Å². The first-order chi connectivity index (χ1) is 4.35. The Kier molecular flexibility index (Phi) is 6.51. The molecule has 0 heterocycles. The van der Waals surface area contributed by atoms with E-state index in [0.717, 1.165) is 0 Å². The van der Waals surface area contributed by atoms with Gasteiger partial charge in [0.2, 0.25) is 0 Å². The lowest BCUT2D eigenvalue weighted by Gasteiger charge is -2.11. The van der Waals surface area contributed by atoms with Crippen LogP contribution in [0.3, 0.4) is 0 Å². The molecular weight excluding hydrogens is 138 g/mol. The molecule has 0 radical (unpaired) electrons. The molecule has 1 unspecified atom stereocenters. The van der Waals surface area contributed by atoms with Crippen LogP contribution in [0.2, 0.25) is 0 Å². The van der Waals surface area contributed by atoms with Crippen LogP contribution in [0.15, 0.2) is 0 Å². The number of aliphatic hydroxyl groups excluding tert-OH is 2. The molecule has 0 aromatic heterocycles. The largest absolute Gasteiger partial charge is 0.395 e. The molecule has 0 spiro atoms. The molecule has 0 aliphatic heterocycles. The van der Waals surface area contributed by atoms with Crippen LogP contribution in [0.4, 0.5) is 0 Å². The second-order valence-corrected chi connectivity index (χ2v) is 2.10. The molecule has 3 N–H and O–H groups in total. The Morgan fingerprint density at radius 2 is 2.11 bits per heavy atom. The van der Waals surface area contributed by atoms with Gasteiger partial charge in [-0.3, -0.25) is 0 Å². The molecule has 0 amide bonds. The van der Waals surface area contributed by atoms with Gasteiger partial charge in [-0.15, -0.1) is 0 Å². The van der Waals surface area contributed by atoms with E-state index >= 15 is 0 Å². The second-order valence-electron chi connectivity index (χ2n) is 1.74. The van der Waals surface area contributed by atoms with E-state index in [1.54, 1.807) is 0 Å². The number of nitrogens with one attached hydrogen (secondary N) is 1. The average Bonchev–Trinajstić information content (AvgIpc) is 1.91. The zero-order valence-corrected chi connectivity index (χ0v) is 6.14. The molecular formula is C5H13NO2S. The third-order valence-electron chi connectivity index (χ3n) is 0.986. The van der Waals surface area contributed by atoms with Crippen molar-refractivity contribution >= 4 is 12.6 Å². The van der Waals surface area contributed by atoms with Crippen molar-refractivity contribution in [1.29, 1.82) is 0 Å². The summed E-state index contributed by atoms with van der Waals surface area (Å²) < 4.78 is 0. The maximum absolute atomic E-state index is 8.56. The van der Waals surface area contributed by atoms with Crippen LogP contribution < -0.4 is 5.32 Å². The molecule has 3 nitrogen and oxygen atoms in total. The van der Waals surface area contributed by atoms with E-state index in [9.17, 15) is 0 Å². The minimum atomic E-state index is 0.0143. The standard InChI is InChI=1S/C5H13NO2S/c7-2-1-6-5(3-8)4-9/h5-9H,1-4H2. The zero-order valence-electron chi connectivity index (χ0n) is 5.25. The summed E-state index contributed by atoms with van der Waals surface area (Å²) >= 11 is 3.96. The molecule has 0 saturated carbocycles. The minimum Gasteiger partial charge on any atom is -0.395 e. The molecule has 4 heteroatoms. The van der Waals surface area contributed by atoms with Gasteiger partial charge in [0, 0.05) is 18.3 Å². The second kappa shape index (κ2) is 6.35. The van der Waals surface area contributed by atoms with E-state index in [2.05, 4.69) is 17.9 Å². The van der Waals surface area contributed by atoms with E-state index in [4.69, 9.17) is 10.2 Å². The first-order valence-corrected chi connectivity index (χ1v) is 3.54. The van der Waals surface area contributed by atoms with Crippen molar-refractivity contribution in [3.8, 4) is 0 Å². The third-order valence-corrected chi connectivity index (χ3v) is 1.43. The number of thiol groups is 1. The molecule has 0 aromatic rings. The van der Waals surface area contributed by atoms with Gasteiger partial charge in [0.15, 0.2) is 0 Å². The Hall–Kier alpha value is 0.230. The summed E-state index contributed by atoms with van der Waals surface area (Å²) in [6.45, 7) is 0.694. The topological polar surface area (TPSA) is 52.5 Å². The van der Waals surface area contributed by atoms with E-state index < -0.39 is 0 Å². The molecule has 0 aromatic carbocycles. The highest BCUT2D eigenvalue weighted by Crippen LogP contribution is 1.83. The zero-order chi connectivity index (χ0) is 7.11. The highest BCUT2D eigenvalue weighted by atomic mass is 32.1. The fourth-order valence-electron chi connectivity index (χ4n) is 0.456. The summed E-state index contributed by atoms with van der Waals surface area (Å²) in [7, 11) is 0.